The number of hydrogen-bond acceptors (Lipinski definition) is 4. The molecule has 4 heteroatoms. The van der Waals surface area contributed by atoms with Gasteiger partial charge >= 0.3 is 5.97 Å². The Labute approximate surface area is 183 Å². The van der Waals surface area contributed by atoms with Gasteiger partial charge in [0.15, 0.2) is 0 Å². The molecule has 0 aromatic heterocycles. The number of benzene rings is 3. The Morgan fingerprint density at radius 2 is 1.71 bits per heavy atom. The molecular formula is C27H26O4. The third-order valence-corrected chi connectivity index (χ3v) is 5.76. The minimum absolute atomic E-state index is 0.333. The monoisotopic (exact) mass is 414 g/mol. The predicted octanol–water partition coefficient (Wildman–Crippen LogP) is 5.50. The highest BCUT2D eigenvalue weighted by Crippen LogP contribution is 2.38. The van der Waals surface area contributed by atoms with Gasteiger partial charge in [0.1, 0.15) is 17.9 Å². The first-order valence-corrected chi connectivity index (χ1v) is 10.4. The van der Waals surface area contributed by atoms with Gasteiger partial charge in [-0.1, -0.05) is 60.7 Å². The second kappa shape index (κ2) is 9.52. The number of methoxy groups -OCH3 is 2. The van der Waals surface area contributed by atoms with Crippen LogP contribution in [0.2, 0.25) is 0 Å². The van der Waals surface area contributed by atoms with Gasteiger partial charge in [-0.2, -0.15) is 0 Å². The first-order valence-electron chi connectivity index (χ1n) is 10.4. The lowest BCUT2D eigenvalue weighted by molar-refractivity contribution is -0.133. The standard InChI is InChI=1S/C27H26O4/c1-29-18-26(27(28)30-2)24-10-6-4-8-21(24)17-31-22-14-11-20(12-15-22)25-16-13-19-7-3-5-9-23(19)25/h3-12,14-15,18,25H,13,16-17H2,1-2H3/b26-18+. The van der Waals surface area contributed by atoms with Crippen LogP contribution in [0.15, 0.2) is 79.1 Å². The number of esters is 1. The summed E-state index contributed by atoms with van der Waals surface area (Å²) in [5, 5.41) is 0. The maximum atomic E-state index is 12.2. The van der Waals surface area contributed by atoms with Crippen molar-refractivity contribution in [2.75, 3.05) is 14.2 Å². The van der Waals surface area contributed by atoms with Crippen LogP contribution >= 0.6 is 0 Å². The topological polar surface area (TPSA) is 44.8 Å². The third-order valence-electron chi connectivity index (χ3n) is 5.76. The van der Waals surface area contributed by atoms with Crippen LogP contribution < -0.4 is 4.74 Å². The predicted molar refractivity (Wildman–Crippen MR) is 121 cm³/mol. The van der Waals surface area contributed by atoms with E-state index in [1.54, 1.807) is 0 Å². The average molecular weight is 415 g/mol. The number of carbonyl (C=O) groups excluding carboxylic acids is 1. The Morgan fingerprint density at radius 3 is 2.48 bits per heavy atom. The van der Waals surface area contributed by atoms with E-state index in [4.69, 9.17) is 14.2 Å². The summed E-state index contributed by atoms with van der Waals surface area (Å²) in [4.78, 5) is 12.2. The van der Waals surface area contributed by atoms with Crippen LogP contribution in [-0.4, -0.2) is 20.2 Å². The molecule has 0 spiro atoms. The molecule has 1 aliphatic rings. The van der Waals surface area contributed by atoms with Crippen molar-refractivity contribution in [2.24, 2.45) is 0 Å². The molecule has 0 N–H and O–H groups in total. The molecule has 4 nitrogen and oxygen atoms in total. The molecule has 31 heavy (non-hydrogen) atoms. The summed E-state index contributed by atoms with van der Waals surface area (Å²) < 4.78 is 16.0. The molecule has 4 rings (SSSR count). The lowest BCUT2D eigenvalue weighted by Crippen LogP contribution is -2.08. The molecule has 0 heterocycles. The van der Waals surface area contributed by atoms with E-state index < -0.39 is 5.97 Å². The van der Waals surface area contributed by atoms with Crippen molar-refractivity contribution in [3.8, 4) is 5.75 Å². The van der Waals surface area contributed by atoms with E-state index in [9.17, 15) is 4.79 Å². The van der Waals surface area contributed by atoms with Crippen LogP contribution in [0.25, 0.3) is 5.57 Å². The van der Waals surface area contributed by atoms with E-state index in [0.29, 0.717) is 18.1 Å². The lowest BCUT2D eigenvalue weighted by Gasteiger charge is -2.15. The molecule has 158 valence electrons. The number of aryl methyl sites for hydroxylation is 1. The summed E-state index contributed by atoms with van der Waals surface area (Å²) >= 11 is 0. The van der Waals surface area contributed by atoms with Gasteiger partial charge in [-0.05, 0) is 52.8 Å². The zero-order chi connectivity index (χ0) is 21.6. The normalized spacial score (nSPS) is 15.3. The Morgan fingerprint density at radius 1 is 0.968 bits per heavy atom. The Kier molecular flexibility index (Phi) is 6.37. The van der Waals surface area contributed by atoms with Gasteiger partial charge < -0.3 is 14.2 Å². The fraction of sp³-hybridized carbons (Fsp3) is 0.222. The van der Waals surface area contributed by atoms with Crippen molar-refractivity contribution < 1.29 is 19.0 Å². The minimum Gasteiger partial charge on any atom is -0.503 e. The highest BCUT2D eigenvalue weighted by Gasteiger charge is 2.23. The highest BCUT2D eigenvalue weighted by atomic mass is 16.5. The van der Waals surface area contributed by atoms with Crippen molar-refractivity contribution in [1.29, 1.82) is 0 Å². The van der Waals surface area contributed by atoms with Crippen molar-refractivity contribution in [3.63, 3.8) is 0 Å². The van der Waals surface area contributed by atoms with E-state index in [0.717, 1.165) is 29.7 Å². The van der Waals surface area contributed by atoms with E-state index >= 15 is 0 Å². The molecule has 0 fully saturated rings. The van der Waals surface area contributed by atoms with E-state index in [1.165, 1.54) is 37.2 Å². The summed E-state index contributed by atoms with van der Waals surface area (Å²) in [7, 11) is 2.86. The summed E-state index contributed by atoms with van der Waals surface area (Å²) in [6.45, 7) is 0.333. The van der Waals surface area contributed by atoms with Crippen LogP contribution in [0.3, 0.4) is 0 Å². The number of fused-ring (bicyclic) bond motifs is 1. The van der Waals surface area contributed by atoms with Gasteiger partial charge in [-0.15, -0.1) is 0 Å². The molecule has 1 aliphatic carbocycles. The number of ether oxygens (including phenoxy) is 3. The SMILES string of the molecule is CO/C=C(/C(=O)OC)c1ccccc1COc1ccc(C2CCc3ccccc32)cc1. The third kappa shape index (κ3) is 4.48. The van der Waals surface area contributed by atoms with Gasteiger partial charge in [0.25, 0.3) is 0 Å². The minimum atomic E-state index is -0.449. The van der Waals surface area contributed by atoms with Crippen LogP contribution in [0.4, 0.5) is 0 Å². The first kappa shape index (κ1) is 20.7. The van der Waals surface area contributed by atoms with Crippen LogP contribution in [0.1, 0.15) is 40.2 Å². The quantitative estimate of drug-likeness (QED) is 0.291. The van der Waals surface area contributed by atoms with E-state index in [2.05, 4.69) is 36.4 Å². The molecule has 1 atom stereocenters. The molecule has 0 bridgehead atoms. The van der Waals surface area contributed by atoms with Gasteiger partial charge in [0.05, 0.1) is 20.5 Å². The lowest BCUT2D eigenvalue weighted by atomic mass is 9.93. The molecule has 3 aromatic carbocycles. The first-order chi connectivity index (χ1) is 15.2. The van der Waals surface area contributed by atoms with Gasteiger partial charge in [-0.25, -0.2) is 4.79 Å². The summed E-state index contributed by atoms with van der Waals surface area (Å²) in [6.07, 6.45) is 3.68. The smallest absolute Gasteiger partial charge is 0.341 e. The maximum absolute atomic E-state index is 12.2. The molecular weight excluding hydrogens is 388 g/mol. The van der Waals surface area contributed by atoms with Crippen LogP contribution in [0, 0.1) is 0 Å². The zero-order valence-corrected chi connectivity index (χ0v) is 17.8. The fourth-order valence-corrected chi connectivity index (χ4v) is 4.22. The highest BCUT2D eigenvalue weighted by molar-refractivity contribution is 6.16. The molecule has 0 amide bonds. The largest absolute Gasteiger partial charge is 0.503 e. The Bertz CT molecular complexity index is 1080. The van der Waals surface area contributed by atoms with E-state index in [-0.39, 0.29) is 0 Å². The van der Waals surface area contributed by atoms with Crippen molar-refractivity contribution in [2.45, 2.75) is 25.4 Å². The molecule has 0 saturated carbocycles. The van der Waals surface area contributed by atoms with Crippen LogP contribution in [-0.2, 0) is 27.3 Å². The number of carbonyl (C=O) groups is 1. The van der Waals surface area contributed by atoms with Gasteiger partial charge in [0, 0.05) is 5.92 Å². The molecule has 1 unspecified atom stereocenters. The second-order valence-corrected chi connectivity index (χ2v) is 7.56. The molecule has 3 aromatic rings. The Balaban J connectivity index is 1.49. The van der Waals surface area contributed by atoms with Crippen molar-refractivity contribution >= 4 is 11.5 Å². The molecule has 0 radical (unpaired) electrons. The number of hydrogen-bond donors (Lipinski definition) is 0. The molecule has 0 saturated heterocycles. The van der Waals surface area contributed by atoms with Gasteiger partial charge in [-0.3, -0.25) is 0 Å². The summed E-state index contributed by atoms with van der Waals surface area (Å²) in [6, 6.07) is 24.6. The summed E-state index contributed by atoms with van der Waals surface area (Å²) in [5.41, 5.74) is 6.17. The van der Waals surface area contributed by atoms with Gasteiger partial charge in [0.2, 0.25) is 0 Å². The van der Waals surface area contributed by atoms with E-state index in [1.807, 2.05) is 36.4 Å². The zero-order valence-electron chi connectivity index (χ0n) is 17.8. The van der Waals surface area contributed by atoms with Crippen molar-refractivity contribution in [1.82, 2.24) is 0 Å². The average Bonchev–Trinajstić information content (AvgIpc) is 3.25. The second-order valence-electron chi connectivity index (χ2n) is 7.56. The maximum Gasteiger partial charge on any atom is 0.341 e. The van der Waals surface area contributed by atoms with Crippen LogP contribution in [0.5, 0.6) is 5.75 Å². The molecule has 0 aliphatic heterocycles. The Hall–Kier alpha value is -3.53. The fourth-order valence-electron chi connectivity index (χ4n) is 4.22. The summed E-state index contributed by atoms with van der Waals surface area (Å²) in [5.74, 6) is 0.795. The number of rotatable bonds is 7. The van der Waals surface area contributed by atoms with Crippen molar-refractivity contribution in [3.05, 3.63) is 107 Å².